The minimum atomic E-state index is -0.558. The van der Waals surface area contributed by atoms with E-state index in [1.807, 2.05) is 30.3 Å². The van der Waals surface area contributed by atoms with E-state index in [1.165, 1.54) is 6.07 Å². The van der Waals surface area contributed by atoms with E-state index in [2.05, 4.69) is 40.5 Å². The van der Waals surface area contributed by atoms with Crippen molar-refractivity contribution in [2.24, 2.45) is 7.05 Å². The number of hydrogen-bond acceptors (Lipinski definition) is 4. The second-order valence-corrected chi connectivity index (χ2v) is 8.67. The van der Waals surface area contributed by atoms with Crippen LogP contribution in [0.1, 0.15) is 24.2 Å². The van der Waals surface area contributed by atoms with Crippen molar-refractivity contribution in [2.75, 3.05) is 23.3 Å². The first-order valence-corrected chi connectivity index (χ1v) is 10.9. The number of anilines is 2. The molecule has 0 aliphatic carbocycles. The maximum absolute atomic E-state index is 15.0. The van der Waals surface area contributed by atoms with Gasteiger partial charge in [0.25, 0.3) is 5.91 Å². The molecule has 0 bridgehead atoms. The van der Waals surface area contributed by atoms with Crippen LogP contribution in [0.25, 0.3) is 21.7 Å². The lowest BCUT2D eigenvalue weighted by Gasteiger charge is -2.38. The van der Waals surface area contributed by atoms with E-state index in [4.69, 9.17) is 0 Å². The Balaban J connectivity index is 1.50. The largest absolute Gasteiger partial charge is 0.368 e. The molecule has 164 valence electrons. The number of amides is 1. The molecule has 0 unspecified atom stereocenters. The standard InChI is InChI=1S/C25H26FN5O/c1-15-12-31(13-16(2)27-15)23-11-10-21(17-6-4-5-7-18(17)23)28-25(32)19-8-9-22-20(24(19)26)14-30(3)29-22/h4-11,14-16,27H,12-13H2,1-3H3,(H,28,32)/t15-,16+. The molecule has 1 fully saturated rings. The fraction of sp³-hybridized carbons (Fsp3) is 0.280. The first-order valence-electron chi connectivity index (χ1n) is 10.9. The minimum Gasteiger partial charge on any atom is -0.368 e. The summed E-state index contributed by atoms with van der Waals surface area (Å²) in [6.07, 6.45) is 1.58. The second kappa shape index (κ2) is 7.91. The van der Waals surface area contributed by atoms with Gasteiger partial charge in [0.2, 0.25) is 0 Å². The summed E-state index contributed by atoms with van der Waals surface area (Å²) in [6.45, 7) is 6.20. The zero-order chi connectivity index (χ0) is 22.4. The van der Waals surface area contributed by atoms with E-state index in [0.29, 0.717) is 28.7 Å². The van der Waals surface area contributed by atoms with E-state index >= 15 is 4.39 Å². The molecule has 1 aliphatic rings. The number of nitrogens with zero attached hydrogens (tertiary/aromatic N) is 3. The van der Waals surface area contributed by atoms with Gasteiger partial charge in [-0.1, -0.05) is 24.3 Å². The van der Waals surface area contributed by atoms with Crippen molar-refractivity contribution in [1.29, 1.82) is 0 Å². The summed E-state index contributed by atoms with van der Waals surface area (Å²) in [4.78, 5) is 15.4. The van der Waals surface area contributed by atoms with Gasteiger partial charge in [-0.25, -0.2) is 4.39 Å². The smallest absolute Gasteiger partial charge is 0.258 e. The van der Waals surface area contributed by atoms with Gasteiger partial charge in [0.15, 0.2) is 0 Å². The summed E-state index contributed by atoms with van der Waals surface area (Å²) in [5.74, 6) is -1.03. The molecule has 2 heterocycles. The van der Waals surface area contributed by atoms with Crippen molar-refractivity contribution >= 4 is 39.0 Å². The maximum atomic E-state index is 15.0. The number of rotatable bonds is 3. The summed E-state index contributed by atoms with van der Waals surface area (Å²) in [6, 6.07) is 15.9. The second-order valence-electron chi connectivity index (χ2n) is 8.67. The molecule has 1 aromatic heterocycles. The van der Waals surface area contributed by atoms with Crippen molar-refractivity contribution in [3.05, 3.63) is 66.1 Å². The lowest BCUT2D eigenvalue weighted by molar-refractivity contribution is 0.102. The summed E-state index contributed by atoms with van der Waals surface area (Å²) in [5, 5.41) is 13.0. The number of fused-ring (bicyclic) bond motifs is 2. The van der Waals surface area contributed by atoms with Gasteiger partial charge in [0.05, 0.1) is 16.5 Å². The predicted molar refractivity (Wildman–Crippen MR) is 127 cm³/mol. The Hall–Kier alpha value is -3.45. The number of piperazine rings is 1. The number of carbonyl (C=O) groups is 1. The summed E-state index contributed by atoms with van der Waals surface area (Å²) < 4.78 is 16.5. The van der Waals surface area contributed by atoms with Gasteiger partial charge in [-0.05, 0) is 38.1 Å². The van der Waals surface area contributed by atoms with E-state index in [0.717, 1.165) is 29.5 Å². The van der Waals surface area contributed by atoms with Gasteiger partial charge in [0, 0.05) is 60.6 Å². The summed E-state index contributed by atoms with van der Waals surface area (Å²) in [5.41, 5.74) is 2.33. The molecule has 5 rings (SSSR count). The molecule has 1 amide bonds. The lowest BCUT2D eigenvalue weighted by atomic mass is 10.0. The Morgan fingerprint density at radius 1 is 1.03 bits per heavy atom. The van der Waals surface area contributed by atoms with Gasteiger partial charge < -0.3 is 15.5 Å². The van der Waals surface area contributed by atoms with Crippen molar-refractivity contribution in [3.63, 3.8) is 0 Å². The van der Waals surface area contributed by atoms with Crippen LogP contribution in [0, 0.1) is 5.82 Å². The van der Waals surface area contributed by atoms with Crippen LogP contribution in [-0.4, -0.2) is 40.9 Å². The highest BCUT2D eigenvalue weighted by molar-refractivity contribution is 6.12. The Labute approximate surface area is 186 Å². The average Bonchev–Trinajstić information content (AvgIpc) is 3.15. The SMILES string of the molecule is C[C@@H]1CN(c2ccc(NC(=O)c3ccc4nn(C)cc4c3F)c3ccccc23)C[C@H](C)N1. The highest BCUT2D eigenvalue weighted by Crippen LogP contribution is 2.34. The third-order valence-electron chi connectivity index (χ3n) is 6.03. The van der Waals surface area contributed by atoms with E-state index < -0.39 is 11.7 Å². The van der Waals surface area contributed by atoms with Crippen molar-refractivity contribution in [1.82, 2.24) is 15.1 Å². The lowest BCUT2D eigenvalue weighted by Crippen LogP contribution is -2.54. The van der Waals surface area contributed by atoms with Crippen LogP contribution in [0.5, 0.6) is 0 Å². The summed E-state index contributed by atoms with van der Waals surface area (Å²) >= 11 is 0. The zero-order valence-corrected chi connectivity index (χ0v) is 18.4. The fourth-order valence-electron chi connectivity index (χ4n) is 4.73. The van der Waals surface area contributed by atoms with E-state index in [-0.39, 0.29) is 5.56 Å². The number of nitrogens with one attached hydrogen (secondary N) is 2. The topological polar surface area (TPSA) is 62.2 Å². The number of hydrogen-bond donors (Lipinski definition) is 2. The van der Waals surface area contributed by atoms with Gasteiger partial charge in [-0.2, -0.15) is 5.10 Å². The van der Waals surface area contributed by atoms with Gasteiger partial charge in [0.1, 0.15) is 5.82 Å². The molecule has 0 spiro atoms. The normalized spacial score (nSPS) is 18.9. The third kappa shape index (κ3) is 3.58. The molecule has 2 N–H and O–H groups in total. The van der Waals surface area contributed by atoms with Gasteiger partial charge >= 0.3 is 0 Å². The number of aromatic nitrogens is 2. The summed E-state index contributed by atoms with van der Waals surface area (Å²) in [7, 11) is 1.73. The zero-order valence-electron chi connectivity index (χ0n) is 18.4. The number of aryl methyl sites for hydroxylation is 1. The first-order chi connectivity index (χ1) is 15.4. The van der Waals surface area contributed by atoms with Crippen molar-refractivity contribution in [2.45, 2.75) is 25.9 Å². The van der Waals surface area contributed by atoms with Crippen LogP contribution in [-0.2, 0) is 7.05 Å². The molecule has 0 saturated carbocycles. The Kier molecular flexibility index (Phi) is 5.06. The molecular weight excluding hydrogens is 405 g/mol. The number of benzene rings is 3. The average molecular weight is 432 g/mol. The molecular formula is C25H26FN5O. The van der Waals surface area contributed by atoms with E-state index in [9.17, 15) is 4.79 Å². The first kappa shape index (κ1) is 20.5. The predicted octanol–water partition coefficient (Wildman–Crippen LogP) is 4.30. The Bertz CT molecular complexity index is 1320. The van der Waals surface area contributed by atoms with Crippen LogP contribution in [0.2, 0.25) is 0 Å². The molecule has 4 aromatic rings. The molecule has 32 heavy (non-hydrogen) atoms. The highest BCUT2D eigenvalue weighted by Gasteiger charge is 2.23. The van der Waals surface area contributed by atoms with E-state index in [1.54, 1.807) is 24.0 Å². The van der Waals surface area contributed by atoms with Crippen LogP contribution >= 0.6 is 0 Å². The van der Waals surface area contributed by atoms with Crippen LogP contribution in [0.3, 0.4) is 0 Å². The molecule has 7 heteroatoms. The van der Waals surface area contributed by atoms with Crippen LogP contribution in [0.4, 0.5) is 15.8 Å². The fourth-order valence-corrected chi connectivity index (χ4v) is 4.73. The quantitative estimate of drug-likeness (QED) is 0.508. The monoisotopic (exact) mass is 431 g/mol. The van der Waals surface area contributed by atoms with Gasteiger partial charge in [-0.3, -0.25) is 9.48 Å². The Morgan fingerprint density at radius 3 is 2.50 bits per heavy atom. The minimum absolute atomic E-state index is 0.00316. The highest BCUT2D eigenvalue weighted by atomic mass is 19.1. The van der Waals surface area contributed by atoms with Gasteiger partial charge in [-0.15, -0.1) is 0 Å². The molecule has 6 nitrogen and oxygen atoms in total. The molecule has 1 saturated heterocycles. The van der Waals surface area contributed by atoms with Crippen molar-refractivity contribution in [3.8, 4) is 0 Å². The molecule has 0 radical (unpaired) electrons. The number of halogens is 1. The van der Waals surface area contributed by atoms with Crippen LogP contribution in [0.15, 0.2) is 54.7 Å². The number of carbonyl (C=O) groups excluding carboxylic acids is 1. The van der Waals surface area contributed by atoms with Crippen LogP contribution < -0.4 is 15.5 Å². The maximum Gasteiger partial charge on any atom is 0.258 e. The molecule has 2 atom stereocenters. The Morgan fingerprint density at radius 2 is 1.75 bits per heavy atom. The molecule has 3 aromatic carbocycles. The van der Waals surface area contributed by atoms with Crippen molar-refractivity contribution < 1.29 is 9.18 Å². The molecule has 1 aliphatic heterocycles. The third-order valence-corrected chi connectivity index (χ3v) is 6.03.